The Balaban J connectivity index is 2.03. The van der Waals surface area contributed by atoms with Crippen LogP contribution in [0.5, 0.6) is 5.75 Å². The van der Waals surface area contributed by atoms with Gasteiger partial charge in [-0.25, -0.2) is 0 Å². The van der Waals surface area contributed by atoms with Gasteiger partial charge in [0, 0.05) is 12.4 Å². The van der Waals surface area contributed by atoms with E-state index in [1.54, 1.807) is 23.3 Å². The monoisotopic (exact) mass is 219 g/mol. The SMILES string of the molecule is OB(O)Oc1cnn(Cc2ccncc2)c1. The molecule has 0 radical (unpaired) electrons. The van der Waals surface area contributed by atoms with Crippen LogP contribution in [0.1, 0.15) is 5.56 Å². The van der Waals surface area contributed by atoms with E-state index in [0.717, 1.165) is 5.56 Å². The quantitative estimate of drug-likeness (QED) is 0.688. The minimum Gasteiger partial charge on any atom is -0.509 e. The molecular formula is C9H10BN3O3. The van der Waals surface area contributed by atoms with Gasteiger partial charge < -0.3 is 14.7 Å². The van der Waals surface area contributed by atoms with Crippen LogP contribution < -0.4 is 4.65 Å². The summed E-state index contributed by atoms with van der Waals surface area (Å²) in [5.74, 6) is 0.309. The summed E-state index contributed by atoms with van der Waals surface area (Å²) in [6.07, 6.45) is 6.40. The average Bonchev–Trinajstić information content (AvgIpc) is 2.66. The fraction of sp³-hybridized carbons (Fsp3) is 0.111. The molecule has 0 aliphatic carbocycles. The molecule has 2 aromatic heterocycles. The van der Waals surface area contributed by atoms with E-state index in [4.69, 9.17) is 10.0 Å². The van der Waals surface area contributed by atoms with Crippen LogP contribution in [0.3, 0.4) is 0 Å². The molecule has 2 N–H and O–H groups in total. The second kappa shape index (κ2) is 4.78. The molecule has 7 heteroatoms. The molecular weight excluding hydrogens is 209 g/mol. The lowest BCUT2D eigenvalue weighted by Crippen LogP contribution is -2.20. The van der Waals surface area contributed by atoms with Crippen molar-refractivity contribution in [2.75, 3.05) is 0 Å². The first-order valence-corrected chi connectivity index (χ1v) is 4.68. The van der Waals surface area contributed by atoms with Crippen LogP contribution in [0, 0.1) is 0 Å². The first-order chi connectivity index (χ1) is 7.74. The molecule has 2 heterocycles. The maximum atomic E-state index is 8.59. The van der Waals surface area contributed by atoms with Crippen LogP contribution in [-0.4, -0.2) is 32.1 Å². The fourth-order valence-electron chi connectivity index (χ4n) is 1.29. The van der Waals surface area contributed by atoms with E-state index in [0.29, 0.717) is 12.3 Å². The molecule has 0 saturated carbocycles. The highest BCUT2D eigenvalue weighted by atomic mass is 16.6. The summed E-state index contributed by atoms with van der Waals surface area (Å²) < 4.78 is 6.28. The highest BCUT2D eigenvalue weighted by molar-refractivity contribution is 6.33. The van der Waals surface area contributed by atoms with Gasteiger partial charge >= 0.3 is 7.32 Å². The molecule has 0 aliphatic rings. The molecule has 6 nitrogen and oxygen atoms in total. The van der Waals surface area contributed by atoms with Crippen LogP contribution in [0.25, 0.3) is 0 Å². The van der Waals surface area contributed by atoms with E-state index in [9.17, 15) is 0 Å². The van der Waals surface area contributed by atoms with E-state index < -0.39 is 7.32 Å². The molecule has 16 heavy (non-hydrogen) atoms. The van der Waals surface area contributed by atoms with Crippen molar-refractivity contribution in [3.05, 3.63) is 42.5 Å². The van der Waals surface area contributed by atoms with Crippen molar-refractivity contribution in [1.82, 2.24) is 14.8 Å². The number of pyridine rings is 1. The van der Waals surface area contributed by atoms with Gasteiger partial charge in [0.1, 0.15) is 5.75 Å². The highest BCUT2D eigenvalue weighted by Crippen LogP contribution is 2.09. The Bertz CT molecular complexity index is 446. The normalized spacial score (nSPS) is 10.1. The Morgan fingerprint density at radius 2 is 2.06 bits per heavy atom. The molecule has 0 aromatic carbocycles. The lowest BCUT2D eigenvalue weighted by atomic mass is 10.2. The van der Waals surface area contributed by atoms with Gasteiger partial charge in [-0.1, -0.05) is 0 Å². The first-order valence-electron chi connectivity index (χ1n) is 4.68. The minimum absolute atomic E-state index is 0.309. The highest BCUT2D eigenvalue weighted by Gasteiger charge is 2.12. The molecule has 0 amide bonds. The third-order valence-corrected chi connectivity index (χ3v) is 1.94. The van der Waals surface area contributed by atoms with Gasteiger partial charge in [-0.05, 0) is 17.7 Å². The lowest BCUT2D eigenvalue weighted by molar-refractivity contribution is 0.288. The summed E-state index contributed by atoms with van der Waals surface area (Å²) in [5, 5.41) is 21.2. The zero-order chi connectivity index (χ0) is 11.4. The van der Waals surface area contributed by atoms with Crippen molar-refractivity contribution in [3.8, 4) is 5.75 Å². The van der Waals surface area contributed by atoms with Gasteiger partial charge in [0.15, 0.2) is 0 Å². The maximum Gasteiger partial charge on any atom is 0.707 e. The van der Waals surface area contributed by atoms with Crippen LogP contribution in [0.2, 0.25) is 0 Å². The molecule has 0 spiro atoms. The van der Waals surface area contributed by atoms with Gasteiger partial charge in [0.05, 0.1) is 18.9 Å². The topological polar surface area (TPSA) is 80.4 Å². The zero-order valence-corrected chi connectivity index (χ0v) is 8.39. The lowest BCUT2D eigenvalue weighted by Gasteiger charge is -2.01. The van der Waals surface area contributed by atoms with E-state index in [-0.39, 0.29) is 0 Å². The molecule has 0 fully saturated rings. The summed E-state index contributed by atoms with van der Waals surface area (Å²) >= 11 is 0. The van der Waals surface area contributed by atoms with Gasteiger partial charge in [0.25, 0.3) is 0 Å². The smallest absolute Gasteiger partial charge is 0.509 e. The molecule has 0 bridgehead atoms. The van der Waals surface area contributed by atoms with E-state index in [2.05, 4.69) is 14.7 Å². The predicted molar refractivity (Wildman–Crippen MR) is 56.4 cm³/mol. The fourth-order valence-corrected chi connectivity index (χ4v) is 1.29. The first kappa shape index (κ1) is 10.7. The van der Waals surface area contributed by atoms with Gasteiger partial charge in [0.2, 0.25) is 0 Å². The molecule has 0 unspecified atom stereocenters. The predicted octanol–water partition coefficient (Wildman–Crippen LogP) is -0.325. The van der Waals surface area contributed by atoms with Crippen molar-refractivity contribution in [2.45, 2.75) is 6.54 Å². The molecule has 0 saturated heterocycles. The number of hydrogen-bond acceptors (Lipinski definition) is 5. The van der Waals surface area contributed by atoms with Gasteiger partial charge in [-0.3, -0.25) is 9.67 Å². The molecule has 0 aliphatic heterocycles. The third-order valence-electron chi connectivity index (χ3n) is 1.94. The van der Waals surface area contributed by atoms with Crippen LogP contribution in [0.15, 0.2) is 36.9 Å². The van der Waals surface area contributed by atoms with E-state index in [1.165, 1.54) is 6.20 Å². The Morgan fingerprint density at radius 1 is 1.31 bits per heavy atom. The Morgan fingerprint density at radius 3 is 2.75 bits per heavy atom. The Labute approximate surface area is 92.3 Å². The Hall–Kier alpha value is -1.86. The second-order valence-corrected chi connectivity index (χ2v) is 3.17. The van der Waals surface area contributed by atoms with E-state index >= 15 is 0 Å². The molecule has 82 valence electrons. The van der Waals surface area contributed by atoms with Crippen molar-refractivity contribution in [3.63, 3.8) is 0 Å². The van der Waals surface area contributed by atoms with Crippen LogP contribution in [0.4, 0.5) is 0 Å². The van der Waals surface area contributed by atoms with Crippen molar-refractivity contribution in [2.24, 2.45) is 0 Å². The molecule has 2 rings (SSSR count). The summed E-state index contributed by atoms with van der Waals surface area (Å²) in [6.45, 7) is 0.577. The number of hydrogen-bond donors (Lipinski definition) is 2. The number of rotatable bonds is 4. The van der Waals surface area contributed by atoms with Crippen molar-refractivity contribution >= 4 is 7.32 Å². The zero-order valence-electron chi connectivity index (χ0n) is 8.39. The minimum atomic E-state index is -1.82. The maximum absolute atomic E-state index is 8.59. The summed E-state index contributed by atoms with van der Waals surface area (Å²) in [4.78, 5) is 3.91. The van der Waals surface area contributed by atoms with Crippen LogP contribution >= 0.6 is 0 Å². The largest absolute Gasteiger partial charge is 0.707 e. The Kier molecular flexibility index (Phi) is 3.18. The number of nitrogens with zero attached hydrogens (tertiary/aromatic N) is 3. The molecule has 0 atom stereocenters. The summed E-state index contributed by atoms with van der Waals surface area (Å²) in [7, 11) is -1.82. The van der Waals surface area contributed by atoms with Crippen molar-refractivity contribution in [1.29, 1.82) is 0 Å². The van der Waals surface area contributed by atoms with Crippen LogP contribution in [-0.2, 0) is 6.54 Å². The summed E-state index contributed by atoms with van der Waals surface area (Å²) in [6, 6.07) is 3.76. The third kappa shape index (κ3) is 2.82. The standard InChI is InChI=1S/C9H10BN3O3/c14-10(15)16-9-5-12-13(7-9)6-8-1-3-11-4-2-8/h1-5,7,14-15H,6H2. The van der Waals surface area contributed by atoms with Gasteiger partial charge in [-0.2, -0.15) is 5.10 Å². The van der Waals surface area contributed by atoms with Gasteiger partial charge in [-0.15, -0.1) is 0 Å². The number of aromatic nitrogens is 3. The average molecular weight is 219 g/mol. The van der Waals surface area contributed by atoms with E-state index in [1.807, 2.05) is 12.1 Å². The molecule has 2 aromatic rings. The summed E-state index contributed by atoms with van der Waals surface area (Å²) in [5.41, 5.74) is 1.05. The second-order valence-electron chi connectivity index (χ2n) is 3.17. The van der Waals surface area contributed by atoms with Crippen molar-refractivity contribution < 1.29 is 14.7 Å².